The number of sulfonamides is 1. The van der Waals surface area contributed by atoms with Gasteiger partial charge in [-0.2, -0.15) is 0 Å². The third kappa shape index (κ3) is 4.69. The quantitative estimate of drug-likeness (QED) is 0.690. The zero-order chi connectivity index (χ0) is 17.7. The van der Waals surface area contributed by atoms with Crippen molar-refractivity contribution in [2.24, 2.45) is 0 Å². The molecule has 0 aliphatic carbocycles. The Morgan fingerprint density at radius 1 is 1.08 bits per heavy atom. The molecule has 1 heterocycles. The molecule has 25 heavy (non-hydrogen) atoms. The van der Waals surface area contributed by atoms with Crippen LogP contribution in [0.1, 0.15) is 11.4 Å². The molecule has 7 heteroatoms. The van der Waals surface area contributed by atoms with Gasteiger partial charge in [-0.1, -0.05) is 48.0 Å². The number of benzene rings is 2. The van der Waals surface area contributed by atoms with Crippen LogP contribution in [0.5, 0.6) is 0 Å². The highest BCUT2D eigenvalue weighted by atomic mass is 35.5. The van der Waals surface area contributed by atoms with Crippen molar-refractivity contribution in [1.82, 2.24) is 14.3 Å². The number of imidazole rings is 1. The van der Waals surface area contributed by atoms with Gasteiger partial charge in [-0.05, 0) is 23.8 Å². The molecule has 3 rings (SSSR count). The molecule has 0 unspecified atom stereocenters. The van der Waals surface area contributed by atoms with E-state index in [1.54, 1.807) is 18.3 Å². The minimum Gasteiger partial charge on any atom is -0.330 e. The standard InChI is InChI=1S/C18H18ClN3O2S/c19-16-7-4-8-17(13-16)25(23,24)21-10-9-18-20-11-12-22(18)14-15-5-2-1-3-6-15/h1-8,11-13,21H,9-10,14H2. The fourth-order valence-corrected chi connectivity index (χ4v) is 3.84. The van der Waals surface area contributed by atoms with E-state index in [1.165, 1.54) is 17.7 Å². The number of rotatable bonds is 7. The van der Waals surface area contributed by atoms with Gasteiger partial charge in [-0.25, -0.2) is 18.1 Å². The summed E-state index contributed by atoms with van der Waals surface area (Å²) >= 11 is 5.86. The van der Waals surface area contributed by atoms with E-state index in [2.05, 4.69) is 9.71 Å². The second kappa shape index (κ2) is 7.82. The largest absolute Gasteiger partial charge is 0.330 e. The van der Waals surface area contributed by atoms with Gasteiger partial charge in [0.05, 0.1) is 4.90 Å². The van der Waals surface area contributed by atoms with Crippen molar-refractivity contribution in [2.45, 2.75) is 17.9 Å². The Labute approximate surface area is 152 Å². The Morgan fingerprint density at radius 3 is 2.64 bits per heavy atom. The van der Waals surface area contributed by atoms with Gasteiger partial charge in [-0.3, -0.25) is 0 Å². The zero-order valence-electron chi connectivity index (χ0n) is 13.5. The average Bonchev–Trinajstić information content (AvgIpc) is 3.03. The minimum atomic E-state index is -3.58. The van der Waals surface area contributed by atoms with Crippen LogP contribution in [0.2, 0.25) is 5.02 Å². The number of halogens is 1. The number of aromatic nitrogens is 2. The van der Waals surface area contributed by atoms with E-state index in [-0.39, 0.29) is 11.4 Å². The Kier molecular flexibility index (Phi) is 5.53. The molecule has 0 fully saturated rings. The van der Waals surface area contributed by atoms with E-state index in [0.717, 1.165) is 5.82 Å². The fraction of sp³-hybridized carbons (Fsp3) is 0.167. The highest BCUT2D eigenvalue weighted by molar-refractivity contribution is 7.89. The fourth-order valence-electron chi connectivity index (χ4n) is 2.51. The van der Waals surface area contributed by atoms with Crippen molar-refractivity contribution >= 4 is 21.6 Å². The first-order valence-corrected chi connectivity index (χ1v) is 9.70. The predicted molar refractivity (Wildman–Crippen MR) is 98.1 cm³/mol. The van der Waals surface area contributed by atoms with Crippen LogP contribution in [0, 0.1) is 0 Å². The topological polar surface area (TPSA) is 64.0 Å². The van der Waals surface area contributed by atoms with E-state index in [0.29, 0.717) is 18.0 Å². The van der Waals surface area contributed by atoms with Crippen molar-refractivity contribution in [2.75, 3.05) is 6.54 Å². The molecule has 1 aromatic heterocycles. The summed E-state index contributed by atoms with van der Waals surface area (Å²) in [6, 6.07) is 16.3. The molecule has 0 spiro atoms. The van der Waals surface area contributed by atoms with Gasteiger partial charge >= 0.3 is 0 Å². The number of nitrogens with zero attached hydrogens (tertiary/aromatic N) is 2. The van der Waals surface area contributed by atoms with Gasteiger partial charge in [0.2, 0.25) is 10.0 Å². The Hall–Kier alpha value is -2.15. The molecule has 2 aromatic carbocycles. The second-order valence-electron chi connectivity index (χ2n) is 5.56. The van der Waals surface area contributed by atoms with Crippen LogP contribution in [0.4, 0.5) is 0 Å². The summed E-state index contributed by atoms with van der Waals surface area (Å²) in [6.07, 6.45) is 4.12. The van der Waals surface area contributed by atoms with E-state index in [1.807, 2.05) is 41.1 Å². The molecular formula is C18H18ClN3O2S. The highest BCUT2D eigenvalue weighted by Gasteiger charge is 2.14. The summed E-state index contributed by atoms with van der Waals surface area (Å²) in [7, 11) is -3.58. The Balaban J connectivity index is 1.62. The monoisotopic (exact) mass is 375 g/mol. The third-order valence-corrected chi connectivity index (χ3v) is 5.44. The molecule has 3 aromatic rings. The smallest absolute Gasteiger partial charge is 0.240 e. The van der Waals surface area contributed by atoms with E-state index >= 15 is 0 Å². The lowest BCUT2D eigenvalue weighted by Gasteiger charge is -2.09. The number of hydrogen-bond donors (Lipinski definition) is 1. The molecule has 0 saturated heterocycles. The van der Waals surface area contributed by atoms with E-state index in [9.17, 15) is 8.42 Å². The maximum atomic E-state index is 12.3. The molecule has 0 atom stereocenters. The van der Waals surface area contributed by atoms with Crippen LogP contribution in [0.15, 0.2) is 71.9 Å². The van der Waals surface area contributed by atoms with Crippen LogP contribution >= 0.6 is 11.6 Å². The SMILES string of the molecule is O=S(=O)(NCCc1nccn1Cc1ccccc1)c1cccc(Cl)c1. The summed E-state index contributed by atoms with van der Waals surface area (Å²) in [5.74, 6) is 0.831. The molecule has 130 valence electrons. The van der Waals surface area contributed by atoms with Crippen LogP contribution < -0.4 is 4.72 Å². The Bertz CT molecular complexity index is 940. The summed E-state index contributed by atoms with van der Waals surface area (Å²) < 4.78 is 29.2. The van der Waals surface area contributed by atoms with Gasteiger partial charge in [0.1, 0.15) is 5.82 Å². The minimum absolute atomic E-state index is 0.160. The van der Waals surface area contributed by atoms with Crippen LogP contribution in [0.3, 0.4) is 0 Å². The maximum absolute atomic E-state index is 12.3. The van der Waals surface area contributed by atoms with Crippen molar-refractivity contribution < 1.29 is 8.42 Å². The lowest BCUT2D eigenvalue weighted by atomic mass is 10.2. The molecule has 1 N–H and O–H groups in total. The van der Waals surface area contributed by atoms with Crippen molar-refractivity contribution in [3.63, 3.8) is 0 Å². The van der Waals surface area contributed by atoms with Crippen LogP contribution in [0.25, 0.3) is 0 Å². The lowest BCUT2D eigenvalue weighted by molar-refractivity contribution is 0.579. The van der Waals surface area contributed by atoms with Gasteiger partial charge in [0.15, 0.2) is 0 Å². The maximum Gasteiger partial charge on any atom is 0.240 e. The first-order valence-electron chi connectivity index (χ1n) is 7.84. The molecule has 0 aliphatic heterocycles. The van der Waals surface area contributed by atoms with Gasteiger partial charge in [0.25, 0.3) is 0 Å². The van der Waals surface area contributed by atoms with Crippen molar-refractivity contribution in [3.05, 3.63) is 83.4 Å². The zero-order valence-corrected chi connectivity index (χ0v) is 15.0. The number of nitrogens with one attached hydrogen (secondary N) is 1. The molecule has 0 bridgehead atoms. The van der Waals surface area contributed by atoms with E-state index in [4.69, 9.17) is 11.6 Å². The Morgan fingerprint density at radius 2 is 1.88 bits per heavy atom. The number of hydrogen-bond acceptors (Lipinski definition) is 3. The summed E-state index contributed by atoms with van der Waals surface area (Å²) in [6.45, 7) is 0.970. The molecule has 0 saturated carbocycles. The third-order valence-electron chi connectivity index (χ3n) is 3.74. The summed E-state index contributed by atoms with van der Waals surface area (Å²) in [4.78, 5) is 4.49. The first-order chi connectivity index (χ1) is 12.0. The van der Waals surface area contributed by atoms with Crippen molar-refractivity contribution in [1.29, 1.82) is 0 Å². The van der Waals surface area contributed by atoms with Gasteiger partial charge in [-0.15, -0.1) is 0 Å². The first kappa shape index (κ1) is 17.7. The van der Waals surface area contributed by atoms with E-state index < -0.39 is 10.0 Å². The second-order valence-corrected chi connectivity index (χ2v) is 7.77. The summed E-state index contributed by atoms with van der Waals surface area (Å²) in [5, 5.41) is 0.390. The molecule has 0 amide bonds. The van der Waals surface area contributed by atoms with Gasteiger partial charge < -0.3 is 4.57 Å². The highest BCUT2D eigenvalue weighted by Crippen LogP contribution is 2.15. The van der Waals surface area contributed by atoms with Crippen LogP contribution in [-0.4, -0.2) is 24.5 Å². The summed E-state index contributed by atoms with van der Waals surface area (Å²) in [5.41, 5.74) is 1.17. The van der Waals surface area contributed by atoms with Crippen molar-refractivity contribution in [3.8, 4) is 0 Å². The predicted octanol–water partition coefficient (Wildman–Crippen LogP) is 3.11. The normalized spacial score (nSPS) is 11.6. The average molecular weight is 376 g/mol. The van der Waals surface area contributed by atoms with Gasteiger partial charge in [0, 0.05) is 36.9 Å². The molecule has 0 aliphatic rings. The molecule has 0 radical (unpaired) electrons. The lowest BCUT2D eigenvalue weighted by Crippen LogP contribution is -2.26. The molecule has 5 nitrogen and oxygen atoms in total. The molecular weight excluding hydrogens is 358 g/mol. The van der Waals surface area contributed by atoms with Crippen LogP contribution in [-0.2, 0) is 23.0 Å².